The summed E-state index contributed by atoms with van der Waals surface area (Å²) < 4.78 is 1.90. The van der Waals surface area contributed by atoms with E-state index in [9.17, 15) is 4.79 Å². The molecule has 28 heavy (non-hydrogen) atoms. The SMILES string of the molecule is O=C(CCCCc1cc2ccccn2n1)N1CCN(c2ccc(Cl)cc2)CC1. The fourth-order valence-corrected chi connectivity index (χ4v) is 3.85. The van der Waals surface area contributed by atoms with Crippen molar-refractivity contribution >= 4 is 28.7 Å². The molecule has 1 aromatic carbocycles. The Morgan fingerprint density at radius 2 is 1.79 bits per heavy atom. The van der Waals surface area contributed by atoms with Gasteiger partial charge in [-0.25, -0.2) is 4.52 Å². The molecule has 3 heterocycles. The van der Waals surface area contributed by atoms with Gasteiger partial charge in [-0.2, -0.15) is 5.10 Å². The van der Waals surface area contributed by atoms with Crippen molar-refractivity contribution in [1.82, 2.24) is 14.5 Å². The van der Waals surface area contributed by atoms with E-state index in [4.69, 9.17) is 11.6 Å². The minimum Gasteiger partial charge on any atom is -0.368 e. The number of nitrogens with zero attached hydrogens (tertiary/aromatic N) is 4. The zero-order valence-corrected chi connectivity index (χ0v) is 16.7. The lowest BCUT2D eigenvalue weighted by Crippen LogP contribution is -2.48. The van der Waals surface area contributed by atoms with Crippen LogP contribution < -0.4 is 4.90 Å². The molecule has 1 aliphatic rings. The maximum absolute atomic E-state index is 12.5. The lowest BCUT2D eigenvalue weighted by Gasteiger charge is -2.36. The van der Waals surface area contributed by atoms with E-state index in [0.717, 1.165) is 61.7 Å². The number of anilines is 1. The van der Waals surface area contributed by atoms with Gasteiger partial charge >= 0.3 is 0 Å². The summed E-state index contributed by atoms with van der Waals surface area (Å²) in [7, 11) is 0. The van der Waals surface area contributed by atoms with Crippen LogP contribution in [-0.2, 0) is 11.2 Å². The molecule has 1 amide bonds. The fraction of sp³-hybridized carbons (Fsp3) is 0.364. The molecule has 2 aromatic heterocycles. The number of hydrogen-bond donors (Lipinski definition) is 0. The Bertz CT molecular complexity index is 896. The lowest BCUT2D eigenvalue weighted by atomic mass is 10.1. The van der Waals surface area contributed by atoms with Gasteiger partial charge < -0.3 is 9.80 Å². The van der Waals surface area contributed by atoms with E-state index in [0.29, 0.717) is 6.42 Å². The van der Waals surface area contributed by atoms with Crippen molar-refractivity contribution < 1.29 is 4.79 Å². The van der Waals surface area contributed by atoms with Gasteiger partial charge in [0.25, 0.3) is 0 Å². The minimum absolute atomic E-state index is 0.269. The maximum atomic E-state index is 12.5. The van der Waals surface area contributed by atoms with Gasteiger partial charge in [-0.05, 0) is 61.7 Å². The first-order valence-corrected chi connectivity index (χ1v) is 10.3. The number of aromatic nitrogens is 2. The van der Waals surface area contributed by atoms with Gasteiger partial charge in [-0.15, -0.1) is 0 Å². The largest absolute Gasteiger partial charge is 0.368 e. The zero-order chi connectivity index (χ0) is 19.3. The summed E-state index contributed by atoms with van der Waals surface area (Å²) in [5.41, 5.74) is 3.38. The van der Waals surface area contributed by atoms with Crippen molar-refractivity contribution in [2.24, 2.45) is 0 Å². The molecule has 3 aromatic rings. The monoisotopic (exact) mass is 396 g/mol. The summed E-state index contributed by atoms with van der Waals surface area (Å²) in [5, 5.41) is 5.32. The van der Waals surface area contributed by atoms with E-state index in [-0.39, 0.29) is 5.91 Å². The van der Waals surface area contributed by atoms with E-state index in [1.54, 1.807) is 0 Å². The van der Waals surface area contributed by atoms with Crippen LogP contribution in [0.5, 0.6) is 0 Å². The molecular formula is C22H25ClN4O. The molecular weight excluding hydrogens is 372 g/mol. The van der Waals surface area contributed by atoms with Crippen molar-refractivity contribution in [3.05, 3.63) is 65.4 Å². The zero-order valence-electron chi connectivity index (χ0n) is 15.9. The molecule has 0 N–H and O–H groups in total. The first kappa shape index (κ1) is 18.8. The average Bonchev–Trinajstić information content (AvgIpc) is 3.15. The molecule has 0 radical (unpaired) electrons. The van der Waals surface area contributed by atoms with Crippen molar-refractivity contribution in [1.29, 1.82) is 0 Å². The molecule has 0 bridgehead atoms. The highest BCUT2D eigenvalue weighted by Gasteiger charge is 2.20. The van der Waals surface area contributed by atoms with Crippen molar-refractivity contribution in [3.63, 3.8) is 0 Å². The second-order valence-electron chi connectivity index (χ2n) is 7.26. The second-order valence-corrected chi connectivity index (χ2v) is 7.69. The second kappa shape index (κ2) is 8.65. The van der Waals surface area contributed by atoms with Gasteiger partial charge in [0.2, 0.25) is 5.91 Å². The van der Waals surface area contributed by atoms with Crippen LogP contribution in [0.4, 0.5) is 5.69 Å². The van der Waals surface area contributed by atoms with Crippen LogP contribution >= 0.6 is 11.6 Å². The quantitative estimate of drug-likeness (QED) is 0.590. The van der Waals surface area contributed by atoms with Crippen LogP contribution in [0.1, 0.15) is 25.0 Å². The number of unbranched alkanes of at least 4 members (excludes halogenated alkanes) is 1. The Hall–Kier alpha value is -2.53. The predicted octanol–water partition coefficient (Wildman–Crippen LogP) is 4.05. The number of piperazine rings is 1. The van der Waals surface area contributed by atoms with E-state index >= 15 is 0 Å². The third-order valence-corrected chi connectivity index (χ3v) is 5.57. The van der Waals surface area contributed by atoms with Gasteiger partial charge in [0.1, 0.15) is 0 Å². The van der Waals surface area contributed by atoms with Crippen LogP contribution in [0.25, 0.3) is 5.52 Å². The minimum atomic E-state index is 0.269. The summed E-state index contributed by atoms with van der Waals surface area (Å²) in [6.45, 7) is 3.31. The Labute approximate surface area is 170 Å². The van der Waals surface area contributed by atoms with E-state index in [1.165, 1.54) is 5.69 Å². The predicted molar refractivity (Wildman–Crippen MR) is 113 cm³/mol. The number of carbonyl (C=O) groups is 1. The molecule has 0 atom stereocenters. The summed E-state index contributed by atoms with van der Waals surface area (Å²) in [6.07, 6.45) is 5.39. The van der Waals surface area contributed by atoms with Gasteiger partial charge in [-0.3, -0.25) is 4.79 Å². The number of rotatable bonds is 6. The maximum Gasteiger partial charge on any atom is 0.222 e. The highest BCUT2D eigenvalue weighted by Crippen LogP contribution is 2.20. The van der Waals surface area contributed by atoms with Crippen molar-refractivity contribution in [2.45, 2.75) is 25.7 Å². The van der Waals surface area contributed by atoms with Gasteiger partial charge in [0.15, 0.2) is 0 Å². The van der Waals surface area contributed by atoms with Gasteiger partial charge in [-0.1, -0.05) is 17.7 Å². The number of fused-ring (bicyclic) bond motifs is 1. The molecule has 0 unspecified atom stereocenters. The lowest BCUT2D eigenvalue weighted by molar-refractivity contribution is -0.131. The first-order valence-electron chi connectivity index (χ1n) is 9.91. The summed E-state index contributed by atoms with van der Waals surface area (Å²) in [5.74, 6) is 0.269. The average molecular weight is 397 g/mol. The molecule has 6 heteroatoms. The molecule has 0 aliphatic carbocycles. The van der Waals surface area contributed by atoms with E-state index in [2.05, 4.69) is 22.1 Å². The normalized spacial score (nSPS) is 14.6. The van der Waals surface area contributed by atoms with Crippen LogP contribution in [0.2, 0.25) is 5.02 Å². The molecule has 5 nitrogen and oxygen atoms in total. The molecule has 0 saturated carbocycles. The number of hydrogen-bond acceptors (Lipinski definition) is 3. The van der Waals surface area contributed by atoms with Gasteiger partial charge in [0, 0.05) is 49.5 Å². The topological polar surface area (TPSA) is 40.9 Å². The van der Waals surface area contributed by atoms with Crippen LogP contribution in [-0.4, -0.2) is 46.6 Å². The number of pyridine rings is 1. The van der Waals surface area contributed by atoms with E-state index in [1.807, 2.05) is 52.0 Å². The Morgan fingerprint density at radius 3 is 2.54 bits per heavy atom. The highest BCUT2D eigenvalue weighted by atomic mass is 35.5. The number of carbonyl (C=O) groups excluding carboxylic acids is 1. The Balaban J connectivity index is 1.19. The van der Waals surface area contributed by atoms with Crippen molar-refractivity contribution in [2.75, 3.05) is 31.1 Å². The number of halogens is 1. The van der Waals surface area contributed by atoms with Gasteiger partial charge in [0.05, 0.1) is 11.2 Å². The standard InChI is InChI=1S/C22H25ClN4O/c23-18-8-10-20(11-9-18)25-13-15-26(16-14-25)22(28)7-2-1-5-19-17-21-6-3-4-12-27(21)24-19/h3-4,6,8-12,17H,1-2,5,7,13-16H2. The summed E-state index contributed by atoms with van der Waals surface area (Å²) >= 11 is 5.96. The van der Waals surface area contributed by atoms with Crippen LogP contribution in [0.3, 0.4) is 0 Å². The number of benzene rings is 1. The molecule has 146 valence electrons. The Kier molecular flexibility index (Phi) is 5.81. The molecule has 1 saturated heterocycles. The molecule has 1 fully saturated rings. The third-order valence-electron chi connectivity index (χ3n) is 5.32. The highest BCUT2D eigenvalue weighted by molar-refractivity contribution is 6.30. The van der Waals surface area contributed by atoms with Crippen LogP contribution in [0.15, 0.2) is 54.7 Å². The Morgan fingerprint density at radius 1 is 1.00 bits per heavy atom. The summed E-state index contributed by atoms with van der Waals surface area (Å²) in [6, 6.07) is 16.1. The molecule has 0 spiro atoms. The summed E-state index contributed by atoms with van der Waals surface area (Å²) in [4.78, 5) is 16.8. The first-order chi connectivity index (χ1) is 13.7. The fourth-order valence-electron chi connectivity index (χ4n) is 3.72. The third kappa shape index (κ3) is 4.47. The smallest absolute Gasteiger partial charge is 0.222 e. The number of aryl methyl sites for hydroxylation is 1. The van der Waals surface area contributed by atoms with E-state index < -0.39 is 0 Å². The van der Waals surface area contributed by atoms with Crippen molar-refractivity contribution in [3.8, 4) is 0 Å². The molecule has 1 aliphatic heterocycles. The van der Waals surface area contributed by atoms with Crippen LogP contribution in [0, 0.1) is 0 Å². The number of amides is 1. The molecule has 4 rings (SSSR count).